The van der Waals surface area contributed by atoms with E-state index < -0.39 is 10.9 Å². The SMILES string of the molecule is C.CCO.Cl.Cl.ClCCN1CCCC1.N=S(N)CCN1CCCC1.NC(N)=S.SCCN1CCCC1.[Na+].[OH-]. The quantitative estimate of drug-likeness (QED) is 0.0956. The Morgan fingerprint density at radius 3 is 1.39 bits per heavy atom. The topological polar surface area (TPSA) is 162 Å². The molecule has 1 atom stereocenters. The molecule has 1 unspecified atom stereocenters. The average molecular weight is 677 g/mol. The molecule has 0 spiro atoms. The largest absolute Gasteiger partial charge is 1.00 e. The predicted molar refractivity (Wildman–Crippen MR) is 178 cm³/mol. The van der Waals surface area contributed by atoms with Crippen LogP contribution in [0.25, 0.3) is 0 Å². The van der Waals surface area contributed by atoms with Crippen molar-refractivity contribution in [1.29, 1.82) is 4.78 Å². The van der Waals surface area contributed by atoms with Crippen LogP contribution in [0.5, 0.6) is 0 Å². The van der Waals surface area contributed by atoms with E-state index in [9.17, 15) is 0 Å². The first-order chi connectivity index (χ1) is 15.8. The normalized spacial score (nSPS) is 16.6. The summed E-state index contributed by atoms with van der Waals surface area (Å²) in [5.41, 5.74) is 9.24. The zero-order chi connectivity index (χ0) is 25.3. The van der Waals surface area contributed by atoms with Crippen molar-refractivity contribution in [1.82, 2.24) is 14.7 Å². The third-order valence-corrected chi connectivity index (χ3v) is 6.03. The summed E-state index contributed by atoms with van der Waals surface area (Å²) in [4.78, 5) is 7.27. The number of halogens is 3. The van der Waals surface area contributed by atoms with Crippen LogP contribution in [-0.2, 0) is 10.9 Å². The molecule has 0 radical (unpaired) electrons. The Morgan fingerprint density at radius 2 is 1.16 bits per heavy atom. The Morgan fingerprint density at radius 1 is 0.895 bits per heavy atom. The molecule has 0 bridgehead atoms. The van der Waals surface area contributed by atoms with E-state index in [1.165, 1.54) is 84.3 Å². The van der Waals surface area contributed by atoms with Crippen molar-refractivity contribution in [2.45, 2.75) is 52.9 Å². The van der Waals surface area contributed by atoms with Crippen LogP contribution in [0.15, 0.2) is 0 Å². The minimum absolute atomic E-state index is 0. The van der Waals surface area contributed by atoms with E-state index in [0.717, 1.165) is 30.5 Å². The Labute approximate surface area is 286 Å². The van der Waals surface area contributed by atoms with Crippen LogP contribution >= 0.6 is 61.3 Å². The van der Waals surface area contributed by atoms with Gasteiger partial charge >= 0.3 is 29.6 Å². The van der Waals surface area contributed by atoms with Crippen LogP contribution in [0, 0.1) is 4.78 Å². The van der Waals surface area contributed by atoms with Crippen LogP contribution in [0.3, 0.4) is 0 Å². The van der Waals surface area contributed by atoms with Crippen molar-refractivity contribution >= 4 is 77.3 Å². The Hall–Kier alpha value is 1.82. The van der Waals surface area contributed by atoms with Crippen molar-refractivity contribution in [3.63, 3.8) is 0 Å². The van der Waals surface area contributed by atoms with E-state index in [0.29, 0.717) is 0 Å². The van der Waals surface area contributed by atoms with E-state index in [4.69, 9.17) is 26.6 Å². The monoisotopic (exact) mass is 675 g/mol. The van der Waals surface area contributed by atoms with Gasteiger partial charge in [-0.15, -0.1) is 36.4 Å². The summed E-state index contributed by atoms with van der Waals surface area (Å²) >= 11 is 13.8. The molecule has 0 saturated carbocycles. The molecule has 3 fully saturated rings. The zero-order valence-electron chi connectivity index (χ0n) is 22.9. The molecule has 0 aromatic carbocycles. The first-order valence-corrected chi connectivity index (χ1v) is 15.0. The number of thiocarbonyl (C=S) groups is 1. The molecular weight excluding hydrogens is 620 g/mol. The smallest absolute Gasteiger partial charge is 0.870 e. The van der Waals surface area contributed by atoms with Crippen LogP contribution in [0.2, 0.25) is 0 Å². The molecule has 3 rings (SSSR count). The van der Waals surface area contributed by atoms with Crippen molar-refractivity contribution in [2.24, 2.45) is 16.6 Å². The fourth-order valence-electron chi connectivity index (χ4n) is 3.51. The number of hydrogen-bond acceptors (Lipinski definition) is 8. The summed E-state index contributed by atoms with van der Waals surface area (Å²) in [5.74, 6) is 2.65. The van der Waals surface area contributed by atoms with Crippen LogP contribution in [0.4, 0.5) is 0 Å². The predicted octanol–water partition coefficient (Wildman–Crippen LogP) is 0.164. The molecule has 3 saturated heterocycles. The minimum atomic E-state index is -0.603. The van der Waals surface area contributed by atoms with Crippen molar-refractivity contribution < 1.29 is 40.1 Å². The van der Waals surface area contributed by atoms with E-state index in [1.807, 2.05) is 0 Å². The third kappa shape index (κ3) is 44.8. The summed E-state index contributed by atoms with van der Waals surface area (Å²) in [5, 5.41) is 12.9. The second-order valence-corrected chi connectivity index (χ2v) is 10.5. The second kappa shape index (κ2) is 43.3. The molecule has 0 aromatic rings. The van der Waals surface area contributed by atoms with Gasteiger partial charge in [-0.2, -0.15) is 12.6 Å². The summed E-state index contributed by atoms with van der Waals surface area (Å²) in [7, 11) is -0.603. The third-order valence-electron chi connectivity index (χ3n) is 5.04. The molecule has 232 valence electrons. The number of nitrogens with zero attached hydrogens (tertiary/aromatic N) is 3. The average Bonchev–Trinajstić information content (AvgIpc) is 3.52. The van der Waals surface area contributed by atoms with E-state index in [-0.39, 0.29) is 79.0 Å². The Kier molecular flexibility index (Phi) is 63.4. The fraction of sp³-hybridized carbons (Fsp3) is 0.955. The molecule has 0 amide bonds. The van der Waals surface area contributed by atoms with Gasteiger partial charge < -0.3 is 36.7 Å². The van der Waals surface area contributed by atoms with Crippen molar-refractivity contribution in [3.05, 3.63) is 0 Å². The molecule has 9 nitrogen and oxygen atoms in total. The van der Waals surface area contributed by atoms with Gasteiger partial charge in [0.15, 0.2) is 5.11 Å². The van der Waals surface area contributed by atoms with Crippen molar-refractivity contribution in [2.75, 3.05) is 82.9 Å². The van der Waals surface area contributed by atoms with Gasteiger partial charge in [-0.1, -0.05) is 7.43 Å². The van der Waals surface area contributed by atoms with Gasteiger partial charge in [0.05, 0.1) is 0 Å². The van der Waals surface area contributed by atoms with E-state index in [2.05, 4.69) is 51.0 Å². The Bertz CT molecular complexity index is 448. The van der Waals surface area contributed by atoms with Gasteiger partial charge in [-0.25, -0.2) is 0 Å². The first-order valence-electron chi connectivity index (χ1n) is 12.0. The summed E-state index contributed by atoms with van der Waals surface area (Å²) in [6, 6.07) is 0. The van der Waals surface area contributed by atoms with Crippen LogP contribution in [-0.4, -0.2) is 113 Å². The Balaban J connectivity index is -0.0000000642. The number of nitrogens with two attached hydrogens (primary N) is 3. The second-order valence-electron chi connectivity index (χ2n) is 7.91. The summed E-state index contributed by atoms with van der Waals surface area (Å²) in [6.45, 7) is 12.8. The van der Waals surface area contributed by atoms with Gasteiger partial charge in [-0.3, -0.25) is 9.92 Å². The van der Waals surface area contributed by atoms with Gasteiger partial charge in [0.1, 0.15) is 0 Å². The zero-order valence-corrected chi connectivity index (χ0v) is 29.8. The molecule has 0 aliphatic carbocycles. The van der Waals surface area contributed by atoms with Crippen molar-refractivity contribution in [3.8, 4) is 0 Å². The summed E-state index contributed by atoms with van der Waals surface area (Å²) in [6.07, 6.45) is 8.20. The number of rotatable bonds is 7. The van der Waals surface area contributed by atoms with Gasteiger partial charge in [0.2, 0.25) is 0 Å². The molecule has 38 heavy (non-hydrogen) atoms. The number of thiol groups is 1. The molecule has 3 heterocycles. The van der Waals surface area contributed by atoms with Gasteiger partial charge in [0, 0.05) is 43.6 Å². The molecule has 9 N–H and O–H groups in total. The van der Waals surface area contributed by atoms with Crippen LogP contribution in [0.1, 0.15) is 52.9 Å². The number of aliphatic hydroxyl groups is 1. The first kappa shape index (κ1) is 55.7. The number of aliphatic hydroxyl groups excluding tert-OH is 1. The minimum Gasteiger partial charge on any atom is -0.870 e. The van der Waals surface area contributed by atoms with E-state index in [1.54, 1.807) is 6.92 Å². The fourth-order valence-corrected chi connectivity index (χ4v) is 4.48. The standard InChI is InChI=1S/C6H12ClN.C6H15N3S.C6H13NS.C2H6O.CH4N2S.CH4.2ClH.Na.H2O/c7-3-6-8-4-1-2-5-8;7-10(8)6-5-9-3-1-2-4-9;8-6-5-7-3-1-2-4-7;1-2-3;2-1(3)4;;;;;/h1-6H2;1-6H2,(H3,7,8);8H,1-6H2;3H,2H2,1H3;(H4,2,3,4);1H4;2*1H;;1H2/q;;;;;;;;+1;/p-1. The molecule has 0 aromatic heterocycles. The van der Waals surface area contributed by atoms with Gasteiger partial charge in [0.25, 0.3) is 0 Å². The maximum Gasteiger partial charge on any atom is 1.00 e. The van der Waals surface area contributed by atoms with Gasteiger partial charge in [-0.05, 0) is 108 Å². The molecular formula is C22H57Cl3N7NaO2S3. The summed E-state index contributed by atoms with van der Waals surface area (Å²) < 4.78 is 7.12. The molecule has 3 aliphatic rings. The maximum absolute atomic E-state index is 7.57. The number of hydrogen-bond donors (Lipinski definition) is 6. The number of nitrogens with one attached hydrogen (secondary N) is 1. The number of alkyl halides is 1. The van der Waals surface area contributed by atoms with E-state index >= 15 is 0 Å². The number of likely N-dealkylation sites (tertiary alicyclic amines) is 3. The molecule has 3 aliphatic heterocycles. The molecule has 16 heteroatoms. The van der Waals surface area contributed by atoms with Crippen LogP contribution < -0.4 is 46.2 Å². The maximum atomic E-state index is 7.57.